The molecule has 3 rings (SSSR count). The van der Waals surface area contributed by atoms with Gasteiger partial charge in [-0.05, 0) is 24.5 Å². The van der Waals surface area contributed by atoms with Gasteiger partial charge in [-0.25, -0.2) is 4.98 Å². The molecule has 0 spiro atoms. The summed E-state index contributed by atoms with van der Waals surface area (Å²) in [6.45, 7) is 0.573. The first kappa shape index (κ1) is 11.7. The second-order valence-electron chi connectivity index (χ2n) is 4.60. The van der Waals surface area contributed by atoms with E-state index in [4.69, 9.17) is 0 Å². The van der Waals surface area contributed by atoms with Crippen LogP contribution < -0.4 is 16.2 Å². The van der Waals surface area contributed by atoms with Crippen LogP contribution in [0.3, 0.4) is 0 Å². The molecule has 1 saturated carbocycles. The molecule has 1 aliphatic rings. The van der Waals surface area contributed by atoms with Gasteiger partial charge in [-0.3, -0.25) is 4.79 Å². The highest BCUT2D eigenvalue weighted by Gasteiger charge is 2.21. The van der Waals surface area contributed by atoms with Crippen LogP contribution in [0.4, 0.5) is 11.8 Å². The van der Waals surface area contributed by atoms with Gasteiger partial charge < -0.3 is 15.6 Å². The summed E-state index contributed by atoms with van der Waals surface area (Å²) >= 11 is 0. The lowest BCUT2D eigenvalue weighted by molar-refractivity contribution is 1.02. The molecule has 1 fully saturated rings. The zero-order valence-electron chi connectivity index (χ0n) is 10.4. The molecule has 0 radical (unpaired) electrons. The number of aromatic amines is 1. The summed E-state index contributed by atoms with van der Waals surface area (Å²) in [6, 6.07) is 5.71. The highest BCUT2D eigenvalue weighted by atomic mass is 16.1. The lowest BCUT2D eigenvalue weighted by Crippen LogP contribution is -2.09. The van der Waals surface area contributed by atoms with E-state index in [-0.39, 0.29) is 5.56 Å². The van der Waals surface area contributed by atoms with Crippen molar-refractivity contribution in [1.82, 2.24) is 15.0 Å². The van der Waals surface area contributed by atoms with Crippen LogP contribution in [0, 0.1) is 0 Å². The molecule has 0 saturated heterocycles. The lowest BCUT2D eigenvalue weighted by Gasteiger charge is -2.07. The summed E-state index contributed by atoms with van der Waals surface area (Å²) in [5, 5.41) is 6.45. The predicted octanol–water partition coefficient (Wildman–Crippen LogP) is 1.35. The van der Waals surface area contributed by atoms with Crippen LogP contribution in [0.5, 0.6) is 0 Å². The number of aromatic nitrogens is 3. The fraction of sp³-hybridized carbons (Fsp3) is 0.308. The third-order valence-corrected chi connectivity index (χ3v) is 2.88. The predicted molar refractivity (Wildman–Crippen MR) is 73.1 cm³/mol. The molecule has 0 aromatic carbocycles. The quantitative estimate of drug-likeness (QED) is 0.753. The van der Waals surface area contributed by atoms with Gasteiger partial charge in [0.15, 0.2) is 0 Å². The molecule has 2 aromatic rings. The fourth-order valence-electron chi connectivity index (χ4n) is 1.69. The summed E-state index contributed by atoms with van der Waals surface area (Å²) in [4.78, 5) is 22.1. The fourth-order valence-corrected chi connectivity index (χ4v) is 1.69. The summed E-state index contributed by atoms with van der Waals surface area (Å²) in [5.74, 6) is 1.43. The van der Waals surface area contributed by atoms with Crippen LogP contribution in [0.15, 0.2) is 35.4 Å². The monoisotopic (exact) mass is 257 g/mol. The molecule has 19 heavy (non-hydrogen) atoms. The molecular weight excluding hydrogens is 242 g/mol. The van der Waals surface area contributed by atoms with Gasteiger partial charge in [0.05, 0.1) is 0 Å². The van der Waals surface area contributed by atoms with Crippen molar-refractivity contribution in [3.63, 3.8) is 0 Å². The van der Waals surface area contributed by atoms with E-state index in [0.717, 1.165) is 11.4 Å². The minimum atomic E-state index is -0.101. The van der Waals surface area contributed by atoms with Crippen molar-refractivity contribution in [1.29, 1.82) is 0 Å². The Morgan fingerprint density at radius 1 is 1.32 bits per heavy atom. The van der Waals surface area contributed by atoms with E-state index in [0.29, 0.717) is 18.5 Å². The lowest BCUT2D eigenvalue weighted by atomic mass is 10.3. The Bertz CT molecular complexity index is 600. The molecule has 0 atom stereocenters. The Hall–Kier alpha value is -2.37. The van der Waals surface area contributed by atoms with Crippen molar-refractivity contribution in [2.24, 2.45) is 0 Å². The van der Waals surface area contributed by atoms with Gasteiger partial charge >= 0.3 is 0 Å². The second kappa shape index (κ2) is 5.09. The van der Waals surface area contributed by atoms with E-state index in [9.17, 15) is 4.79 Å². The van der Waals surface area contributed by atoms with Crippen molar-refractivity contribution in [2.45, 2.75) is 25.4 Å². The third-order valence-electron chi connectivity index (χ3n) is 2.88. The minimum absolute atomic E-state index is 0.101. The first-order chi connectivity index (χ1) is 9.29. The Morgan fingerprint density at radius 2 is 2.21 bits per heavy atom. The Kier molecular flexibility index (Phi) is 3.14. The Balaban J connectivity index is 1.62. The van der Waals surface area contributed by atoms with Gasteiger partial charge in [-0.2, -0.15) is 4.98 Å². The van der Waals surface area contributed by atoms with Crippen LogP contribution in [0.1, 0.15) is 18.4 Å². The van der Waals surface area contributed by atoms with E-state index >= 15 is 0 Å². The van der Waals surface area contributed by atoms with Crippen molar-refractivity contribution in [2.75, 3.05) is 10.6 Å². The van der Waals surface area contributed by atoms with Crippen LogP contribution in [0.25, 0.3) is 0 Å². The molecule has 0 bridgehead atoms. The molecular formula is C13H15N5O. The highest BCUT2D eigenvalue weighted by molar-refractivity contribution is 5.41. The normalized spacial score (nSPS) is 14.1. The number of anilines is 2. The average molecular weight is 257 g/mol. The molecule has 2 heterocycles. The van der Waals surface area contributed by atoms with Crippen molar-refractivity contribution in [3.8, 4) is 0 Å². The van der Waals surface area contributed by atoms with E-state index in [1.165, 1.54) is 18.9 Å². The smallest absolute Gasteiger partial charge is 0.247 e. The summed E-state index contributed by atoms with van der Waals surface area (Å²) in [6.07, 6.45) is 5.84. The summed E-state index contributed by atoms with van der Waals surface area (Å²) in [7, 11) is 0. The van der Waals surface area contributed by atoms with Crippen molar-refractivity contribution >= 4 is 11.8 Å². The maximum Gasteiger partial charge on any atom is 0.247 e. The first-order valence-corrected chi connectivity index (χ1v) is 6.31. The van der Waals surface area contributed by atoms with E-state index in [1.54, 1.807) is 18.5 Å². The minimum Gasteiger partial charge on any atom is -0.367 e. The van der Waals surface area contributed by atoms with Crippen LogP contribution in [-0.4, -0.2) is 21.0 Å². The third kappa shape index (κ3) is 3.31. The van der Waals surface area contributed by atoms with Gasteiger partial charge in [0.1, 0.15) is 5.82 Å². The summed E-state index contributed by atoms with van der Waals surface area (Å²) < 4.78 is 0. The van der Waals surface area contributed by atoms with Crippen molar-refractivity contribution < 1.29 is 0 Å². The zero-order valence-corrected chi connectivity index (χ0v) is 10.4. The van der Waals surface area contributed by atoms with Gasteiger partial charge in [-0.1, -0.05) is 6.07 Å². The average Bonchev–Trinajstić information content (AvgIpc) is 3.23. The van der Waals surface area contributed by atoms with Gasteiger partial charge in [-0.15, -0.1) is 0 Å². The molecule has 0 amide bonds. The number of H-pyrrole nitrogens is 1. The highest BCUT2D eigenvalue weighted by Crippen LogP contribution is 2.23. The van der Waals surface area contributed by atoms with Gasteiger partial charge in [0.2, 0.25) is 11.5 Å². The number of pyridine rings is 1. The van der Waals surface area contributed by atoms with Crippen LogP contribution in [0.2, 0.25) is 0 Å². The van der Waals surface area contributed by atoms with Crippen molar-refractivity contribution in [3.05, 3.63) is 46.5 Å². The second-order valence-corrected chi connectivity index (χ2v) is 4.60. The molecule has 1 aliphatic carbocycles. The topological polar surface area (TPSA) is 82.7 Å². The van der Waals surface area contributed by atoms with Gasteiger partial charge in [0, 0.05) is 31.0 Å². The zero-order chi connectivity index (χ0) is 13.1. The molecule has 98 valence electrons. The molecule has 3 N–H and O–H groups in total. The molecule has 0 aliphatic heterocycles. The standard InChI is InChI=1S/C13H15N5O/c19-12-4-1-9(7-15-12)8-16-13-14-6-5-11(18-13)17-10-2-3-10/h1,4-7,10H,2-3,8H2,(H,15,19)(H2,14,16,17,18). The van der Waals surface area contributed by atoms with E-state index in [1.807, 2.05) is 6.07 Å². The van der Waals surface area contributed by atoms with Crippen LogP contribution in [-0.2, 0) is 6.54 Å². The molecule has 2 aromatic heterocycles. The number of rotatable bonds is 5. The number of hydrogen-bond donors (Lipinski definition) is 3. The SMILES string of the molecule is O=c1ccc(CNc2nccc(NC3CC3)n2)c[nH]1. The van der Waals surface area contributed by atoms with Gasteiger partial charge in [0.25, 0.3) is 0 Å². The van der Waals surface area contributed by atoms with E-state index in [2.05, 4.69) is 25.6 Å². The Morgan fingerprint density at radius 3 is 2.95 bits per heavy atom. The van der Waals surface area contributed by atoms with E-state index < -0.39 is 0 Å². The maximum atomic E-state index is 10.9. The Labute approximate surface area is 110 Å². The molecule has 6 heteroatoms. The first-order valence-electron chi connectivity index (χ1n) is 6.31. The molecule has 6 nitrogen and oxygen atoms in total. The number of hydrogen-bond acceptors (Lipinski definition) is 5. The number of nitrogens with zero attached hydrogens (tertiary/aromatic N) is 2. The largest absolute Gasteiger partial charge is 0.367 e. The molecule has 0 unspecified atom stereocenters. The maximum absolute atomic E-state index is 10.9. The summed E-state index contributed by atoms with van der Waals surface area (Å²) in [5.41, 5.74) is 0.874. The van der Waals surface area contributed by atoms with Crippen LogP contribution >= 0.6 is 0 Å². The number of nitrogens with one attached hydrogen (secondary N) is 3.